The van der Waals surface area contributed by atoms with Gasteiger partial charge in [-0.05, 0) is 37.3 Å². The van der Waals surface area contributed by atoms with Gasteiger partial charge >= 0.3 is 6.61 Å². The van der Waals surface area contributed by atoms with Gasteiger partial charge in [-0.3, -0.25) is 5.43 Å². The lowest BCUT2D eigenvalue weighted by Gasteiger charge is -2.10. The molecular weight excluding hydrogens is 333 g/mol. The molecule has 0 heterocycles. The molecule has 0 fully saturated rings. The van der Waals surface area contributed by atoms with Crippen molar-refractivity contribution in [3.63, 3.8) is 0 Å². The van der Waals surface area contributed by atoms with Crippen molar-refractivity contribution in [3.8, 4) is 5.75 Å². The molecule has 0 aliphatic heterocycles. The first-order chi connectivity index (χ1) is 10.5. The normalized spacial score (nSPS) is 11.6. The number of rotatable bonds is 5. The fourth-order valence-corrected chi connectivity index (χ4v) is 2.04. The molecule has 2 aromatic rings. The van der Waals surface area contributed by atoms with Crippen LogP contribution in [-0.4, -0.2) is 12.3 Å². The van der Waals surface area contributed by atoms with Gasteiger partial charge in [-0.1, -0.05) is 35.3 Å². The van der Waals surface area contributed by atoms with Crippen LogP contribution in [0.3, 0.4) is 0 Å². The molecule has 0 bridgehead atoms. The second-order valence-corrected chi connectivity index (χ2v) is 5.13. The van der Waals surface area contributed by atoms with Crippen molar-refractivity contribution >= 4 is 34.6 Å². The smallest absolute Gasteiger partial charge is 0.387 e. The van der Waals surface area contributed by atoms with Crippen molar-refractivity contribution in [2.75, 3.05) is 5.43 Å². The Morgan fingerprint density at radius 2 is 1.86 bits per heavy atom. The first-order valence-electron chi connectivity index (χ1n) is 6.27. The van der Waals surface area contributed by atoms with Gasteiger partial charge in [0.05, 0.1) is 21.4 Å². The molecule has 1 N–H and O–H groups in total. The summed E-state index contributed by atoms with van der Waals surface area (Å²) in [6, 6.07) is 11.4. The zero-order valence-electron chi connectivity index (χ0n) is 11.5. The minimum atomic E-state index is -2.89. The molecule has 0 amide bonds. The summed E-state index contributed by atoms with van der Waals surface area (Å²) in [5.41, 5.74) is 4.38. The van der Waals surface area contributed by atoms with Gasteiger partial charge in [-0.15, -0.1) is 0 Å². The second kappa shape index (κ2) is 7.42. The summed E-state index contributed by atoms with van der Waals surface area (Å²) < 4.78 is 29.3. The molecule has 3 nitrogen and oxygen atoms in total. The first-order valence-corrected chi connectivity index (χ1v) is 7.02. The molecule has 0 aliphatic carbocycles. The molecule has 0 aromatic heterocycles. The van der Waals surface area contributed by atoms with Crippen LogP contribution in [0.2, 0.25) is 10.0 Å². The van der Waals surface area contributed by atoms with E-state index in [4.69, 9.17) is 23.2 Å². The number of para-hydroxylation sites is 1. The Kier molecular flexibility index (Phi) is 5.57. The summed E-state index contributed by atoms with van der Waals surface area (Å²) in [7, 11) is 0. The highest BCUT2D eigenvalue weighted by atomic mass is 35.5. The Balaban J connectivity index is 2.20. The summed E-state index contributed by atoms with van der Waals surface area (Å²) in [6.45, 7) is -1.21. The molecule has 0 aliphatic rings. The van der Waals surface area contributed by atoms with Crippen LogP contribution in [0.1, 0.15) is 12.5 Å². The van der Waals surface area contributed by atoms with Crippen LogP contribution in [0, 0.1) is 0 Å². The maximum absolute atomic E-state index is 12.4. The largest absolute Gasteiger partial charge is 0.434 e. The van der Waals surface area contributed by atoms with Gasteiger partial charge in [0.25, 0.3) is 0 Å². The lowest BCUT2D eigenvalue weighted by atomic mass is 10.1. The van der Waals surface area contributed by atoms with E-state index in [2.05, 4.69) is 15.3 Å². The van der Waals surface area contributed by atoms with E-state index in [-0.39, 0.29) is 5.75 Å². The fourth-order valence-electron chi connectivity index (χ4n) is 1.74. The maximum atomic E-state index is 12.4. The van der Waals surface area contributed by atoms with E-state index in [9.17, 15) is 8.78 Å². The van der Waals surface area contributed by atoms with Crippen LogP contribution >= 0.6 is 23.2 Å². The molecular formula is C15H12Cl2F2N2O. The Morgan fingerprint density at radius 3 is 2.55 bits per heavy atom. The van der Waals surface area contributed by atoms with Gasteiger partial charge in [0.15, 0.2) is 0 Å². The lowest BCUT2D eigenvalue weighted by molar-refractivity contribution is -0.0499. The van der Waals surface area contributed by atoms with Gasteiger partial charge in [0.1, 0.15) is 5.75 Å². The Bertz CT molecular complexity index is 693. The molecule has 0 atom stereocenters. The monoisotopic (exact) mass is 344 g/mol. The predicted molar refractivity (Wildman–Crippen MR) is 85.4 cm³/mol. The lowest BCUT2D eigenvalue weighted by Crippen LogP contribution is -2.07. The number of nitrogens with one attached hydrogen (secondary N) is 1. The van der Waals surface area contributed by atoms with Gasteiger partial charge in [-0.2, -0.15) is 13.9 Å². The first kappa shape index (κ1) is 16.5. The SMILES string of the molecule is C/C(=N\Nc1ccc(Cl)c(Cl)c1)c1ccccc1OC(F)F. The van der Waals surface area contributed by atoms with Crippen molar-refractivity contribution in [1.82, 2.24) is 0 Å². The number of anilines is 1. The number of hydrogen-bond donors (Lipinski definition) is 1. The van der Waals surface area contributed by atoms with Gasteiger partial charge in [0.2, 0.25) is 0 Å². The summed E-state index contributed by atoms with van der Waals surface area (Å²) in [6.07, 6.45) is 0. The number of alkyl halides is 2. The number of halogens is 4. The predicted octanol–water partition coefficient (Wildman–Crippen LogP) is 5.43. The standard InChI is InChI=1S/C15H12Cl2F2N2O/c1-9(11-4-2-3-5-14(11)22-15(18)19)20-21-10-6-7-12(16)13(17)8-10/h2-8,15,21H,1H3/b20-9+. The summed E-state index contributed by atoms with van der Waals surface area (Å²) in [4.78, 5) is 0. The molecule has 7 heteroatoms. The van der Waals surface area contributed by atoms with Crippen LogP contribution in [0.15, 0.2) is 47.6 Å². The Labute approximate surface area is 136 Å². The van der Waals surface area contributed by atoms with E-state index in [1.54, 1.807) is 43.3 Å². The van der Waals surface area contributed by atoms with Crippen molar-refractivity contribution in [3.05, 3.63) is 58.1 Å². The van der Waals surface area contributed by atoms with Gasteiger partial charge < -0.3 is 4.74 Å². The van der Waals surface area contributed by atoms with Crippen LogP contribution < -0.4 is 10.2 Å². The summed E-state index contributed by atoms with van der Waals surface area (Å²) in [5.74, 6) is 0.0645. The summed E-state index contributed by atoms with van der Waals surface area (Å²) in [5, 5.41) is 4.97. The van der Waals surface area contributed by atoms with Crippen LogP contribution in [-0.2, 0) is 0 Å². The number of hydrogen-bond acceptors (Lipinski definition) is 3. The average molecular weight is 345 g/mol. The Hall–Kier alpha value is -1.85. The fraction of sp³-hybridized carbons (Fsp3) is 0.133. The minimum absolute atomic E-state index is 0.0645. The second-order valence-electron chi connectivity index (χ2n) is 4.31. The minimum Gasteiger partial charge on any atom is -0.434 e. The number of benzene rings is 2. The average Bonchev–Trinajstić information content (AvgIpc) is 2.48. The third-order valence-corrected chi connectivity index (χ3v) is 3.50. The van der Waals surface area contributed by atoms with Crippen LogP contribution in [0.5, 0.6) is 5.75 Å². The molecule has 22 heavy (non-hydrogen) atoms. The van der Waals surface area contributed by atoms with E-state index in [0.717, 1.165) is 0 Å². The number of ether oxygens (including phenoxy) is 1. The highest BCUT2D eigenvalue weighted by molar-refractivity contribution is 6.42. The van der Waals surface area contributed by atoms with E-state index < -0.39 is 6.61 Å². The molecule has 0 saturated carbocycles. The third-order valence-electron chi connectivity index (χ3n) is 2.77. The van der Waals surface area contributed by atoms with Crippen LogP contribution in [0.25, 0.3) is 0 Å². The topological polar surface area (TPSA) is 33.6 Å². The van der Waals surface area contributed by atoms with E-state index >= 15 is 0 Å². The highest BCUT2D eigenvalue weighted by Gasteiger charge is 2.11. The van der Waals surface area contributed by atoms with Gasteiger partial charge in [0, 0.05) is 5.56 Å². The third kappa shape index (κ3) is 4.32. The zero-order chi connectivity index (χ0) is 16.1. The quantitative estimate of drug-likeness (QED) is 0.579. The molecule has 0 radical (unpaired) electrons. The van der Waals surface area contributed by atoms with E-state index in [1.165, 1.54) is 6.07 Å². The van der Waals surface area contributed by atoms with E-state index in [1.807, 2.05) is 0 Å². The van der Waals surface area contributed by atoms with Crippen molar-refractivity contribution in [1.29, 1.82) is 0 Å². The Morgan fingerprint density at radius 1 is 1.14 bits per heavy atom. The molecule has 0 spiro atoms. The van der Waals surface area contributed by atoms with Crippen molar-refractivity contribution < 1.29 is 13.5 Å². The number of nitrogens with zero attached hydrogens (tertiary/aromatic N) is 1. The number of hydrazone groups is 1. The molecule has 116 valence electrons. The summed E-state index contributed by atoms with van der Waals surface area (Å²) >= 11 is 11.7. The highest BCUT2D eigenvalue weighted by Crippen LogP contribution is 2.25. The molecule has 2 rings (SSSR count). The molecule has 0 unspecified atom stereocenters. The van der Waals surface area contributed by atoms with Crippen molar-refractivity contribution in [2.24, 2.45) is 5.10 Å². The maximum Gasteiger partial charge on any atom is 0.387 e. The zero-order valence-corrected chi connectivity index (χ0v) is 13.0. The van der Waals surface area contributed by atoms with E-state index in [0.29, 0.717) is 27.0 Å². The molecule has 0 saturated heterocycles. The van der Waals surface area contributed by atoms with Crippen LogP contribution in [0.4, 0.5) is 14.5 Å². The van der Waals surface area contributed by atoms with Gasteiger partial charge in [-0.25, -0.2) is 0 Å². The molecule has 2 aromatic carbocycles. The van der Waals surface area contributed by atoms with Crippen molar-refractivity contribution in [2.45, 2.75) is 13.5 Å².